The lowest BCUT2D eigenvalue weighted by molar-refractivity contribution is 0.362. The van der Waals surface area contributed by atoms with Gasteiger partial charge >= 0.3 is 0 Å². The lowest BCUT2D eigenvalue weighted by Gasteiger charge is -1.96. The molecule has 0 aliphatic heterocycles. The summed E-state index contributed by atoms with van der Waals surface area (Å²) in [5.41, 5.74) is 3.86. The van der Waals surface area contributed by atoms with E-state index in [1.54, 1.807) is 53.1 Å². The molecule has 0 spiro atoms. The Balaban J connectivity index is -0.000000118. The van der Waals surface area contributed by atoms with Crippen molar-refractivity contribution in [3.63, 3.8) is 0 Å². The van der Waals surface area contributed by atoms with Crippen LogP contribution >= 0.6 is 34.2 Å². The van der Waals surface area contributed by atoms with Crippen molar-refractivity contribution < 1.29 is 13.4 Å². The molecule has 0 unspecified atom stereocenters. The lowest BCUT2D eigenvalue weighted by atomic mass is 10.1. The third-order valence-corrected chi connectivity index (χ3v) is 8.31. The topological polar surface area (TPSA) is 200 Å². The first kappa shape index (κ1) is 91.3. The van der Waals surface area contributed by atoms with Crippen LogP contribution in [-0.2, 0) is 0 Å². The molecule has 0 radical (unpaired) electrons. The summed E-state index contributed by atoms with van der Waals surface area (Å²) in [4.78, 5) is 19.7. The fourth-order valence-corrected chi connectivity index (χ4v) is 4.81. The van der Waals surface area contributed by atoms with Crippen molar-refractivity contribution in [3.8, 4) is 0 Å². The SMILES string of the molecule is CC.CC.CC.CC.CC(C)C.CC(C)C.CC(C)C.CC(C)C.Cc1n[nH]nc1C(C)C.Cc1nc(C(C)C)n[nH]1.Cc1noc(C(C)C)n1.Cc1nsc(C(C)C)n1.c1ccoc1.c1ccsc1.c1cocn1.c1cscn1. The summed E-state index contributed by atoms with van der Waals surface area (Å²) in [6.45, 7) is 66.2. The van der Waals surface area contributed by atoms with Crippen LogP contribution in [0.15, 0.2) is 96.9 Å². The van der Waals surface area contributed by atoms with Crippen LogP contribution in [0, 0.1) is 51.4 Å². The van der Waals surface area contributed by atoms with Crippen LogP contribution in [0.3, 0.4) is 0 Å². The number of hydrogen-bond donors (Lipinski definition) is 2. The van der Waals surface area contributed by atoms with Crippen LogP contribution in [0.2, 0.25) is 0 Å². The van der Waals surface area contributed by atoms with E-state index < -0.39 is 0 Å². The number of nitrogens with zero attached hydrogens (tertiary/aromatic N) is 10. The van der Waals surface area contributed by atoms with Gasteiger partial charge in [-0.05, 0) is 91.7 Å². The zero-order valence-corrected chi connectivity index (χ0v) is 59.1. The van der Waals surface area contributed by atoms with Crippen LogP contribution < -0.4 is 0 Å². The quantitative estimate of drug-likeness (QED) is 0.169. The summed E-state index contributed by atoms with van der Waals surface area (Å²) >= 11 is 4.81. The van der Waals surface area contributed by atoms with Crippen molar-refractivity contribution in [2.75, 3.05) is 0 Å². The van der Waals surface area contributed by atoms with Gasteiger partial charge in [-0.3, -0.25) is 10.1 Å². The lowest BCUT2D eigenvalue weighted by Crippen LogP contribution is -1.89. The summed E-state index contributed by atoms with van der Waals surface area (Å²) in [6, 6.07) is 7.70. The molecule has 2 N–H and O–H groups in total. The van der Waals surface area contributed by atoms with Gasteiger partial charge in [-0.2, -0.15) is 41.2 Å². The largest absolute Gasteiger partial charge is 0.473 e. The number of rotatable bonds is 4. The molecule has 8 heterocycles. The van der Waals surface area contributed by atoms with E-state index in [0.29, 0.717) is 35.4 Å². The summed E-state index contributed by atoms with van der Waals surface area (Å²) in [7, 11) is 0. The number of nitrogens with one attached hydrogen (secondary N) is 2. The van der Waals surface area contributed by atoms with Crippen molar-refractivity contribution >= 4 is 34.2 Å². The van der Waals surface area contributed by atoms with E-state index in [0.717, 1.165) is 57.5 Å². The number of aryl methyl sites for hydroxylation is 4. The number of aromatic nitrogens is 12. The molecular weight excluding hydrogens is 1060 g/mol. The first-order chi connectivity index (χ1) is 37.7. The Morgan fingerprint density at radius 3 is 1.11 bits per heavy atom. The number of hydrogen-bond acceptors (Lipinski definition) is 16. The van der Waals surface area contributed by atoms with Crippen molar-refractivity contribution in [1.29, 1.82) is 0 Å². The van der Waals surface area contributed by atoms with Gasteiger partial charge in [0.25, 0.3) is 0 Å². The minimum absolute atomic E-state index is 0.339. The second-order valence-electron chi connectivity index (χ2n) is 19.4. The molecule has 0 fully saturated rings. The number of aromatic amines is 2. The maximum absolute atomic E-state index is 4.86. The van der Waals surface area contributed by atoms with Gasteiger partial charge in [0.2, 0.25) is 5.89 Å². The molecule has 0 saturated carbocycles. The number of oxazole rings is 1. The first-order valence-electron chi connectivity index (χ1n) is 28.7. The van der Waals surface area contributed by atoms with Gasteiger partial charge in [-0.25, -0.2) is 15.0 Å². The molecule has 0 aliphatic rings. The third-order valence-electron chi connectivity index (χ3n) is 6.06. The van der Waals surface area contributed by atoms with Crippen molar-refractivity contribution in [2.45, 2.75) is 245 Å². The Hall–Kier alpha value is -5.20. The molecule has 0 amide bonds. The minimum atomic E-state index is 0.339. The van der Waals surface area contributed by atoms with Crippen LogP contribution in [0.1, 0.15) is 263 Å². The summed E-state index contributed by atoms with van der Waals surface area (Å²) < 4.78 is 18.0. The van der Waals surface area contributed by atoms with Gasteiger partial charge < -0.3 is 13.4 Å². The van der Waals surface area contributed by atoms with E-state index >= 15 is 0 Å². The Morgan fingerprint density at radius 1 is 0.463 bits per heavy atom. The Kier molecular flexibility index (Phi) is 79.8. The number of H-pyrrole nitrogens is 2. The zero-order chi connectivity index (χ0) is 63.9. The average molecular weight is 1180 g/mol. The van der Waals surface area contributed by atoms with Gasteiger partial charge in [0, 0.05) is 29.3 Å². The Bertz CT molecular complexity index is 1820. The minimum Gasteiger partial charge on any atom is -0.473 e. The number of thiazole rings is 1. The standard InChI is InChI=1S/2C6H11N3.C6H10N2O.C6H10N2S.C4H4O.C4H4S.4C4H10.C3H3NO.C3H3NS.4C2H6/c1-4(2)6-7-5(3)8-9-6;1-4(2)6-5(3)7-9-8-6;2*1-4(2)6-7-5(3)8-9-6;2*1-2-4-5-3-1;4*1-4(2)3;2*1-2-5-3-4-1;4*1-2/h2*4H,1-3H3,(H,7,8,9);2*4H,1-3H3;2*1-4H;4*4H,1-3H3;2*1-3H;4*1-2H3. The summed E-state index contributed by atoms with van der Waals surface area (Å²) in [6.07, 6.45) is 9.49. The van der Waals surface area contributed by atoms with Crippen LogP contribution in [0.25, 0.3) is 0 Å². The van der Waals surface area contributed by atoms with Gasteiger partial charge in [-0.15, -0.1) is 11.3 Å². The molecule has 80 heavy (non-hydrogen) atoms. The van der Waals surface area contributed by atoms with E-state index in [1.807, 2.05) is 137 Å². The van der Waals surface area contributed by atoms with Crippen molar-refractivity contribution in [1.82, 2.24) is 60.1 Å². The Labute approximate surface area is 502 Å². The van der Waals surface area contributed by atoms with Crippen LogP contribution in [0.5, 0.6) is 0 Å². The molecule has 0 saturated heterocycles. The third kappa shape index (κ3) is 81.6. The fraction of sp³-hybridized carbons (Fsp3) is 0.645. The van der Waals surface area contributed by atoms with Gasteiger partial charge in [0.1, 0.15) is 22.9 Å². The highest BCUT2D eigenvalue weighted by Crippen LogP contribution is 2.15. The van der Waals surface area contributed by atoms with Crippen LogP contribution in [0.4, 0.5) is 0 Å². The number of furan rings is 1. The normalized spacial score (nSPS) is 8.90. The summed E-state index contributed by atoms with van der Waals surface area (Å²) in [5.74, 6) is 9.20. The van der Waals surface area contributed by atoms with E-state index in [-0.39, 0.29) is 0 Å². The molecule has 8 rings (SSSR count). The smallest absolute Gasteiger partial charge is 0.229 e. The maximum atomic E-state index is 4.86. The molecular formula is C62H120N12O3S3. The van der Waals surface area contributed by atoms with E-state index in [9.17, 15) is 0 Å². The highest BCUT2D eigenvalue weighted by atomic mass is 32.1. The monoisotopic (exact) mass is 1180 g/mol. The molecule has 0 aromatic carbocycles. The molecule has 464 valence electrons. The predicted octanol–water partition coefficient (Wildman–Crippen LogP) is 21.5. The second kappa shape index (κ2) is 69.9. The highest BCUT2D eigenvalue weighted by Gasteiger charge is 2.07. The molecule has 18 heteroatoms. The van der Waals surface area contributed by atoms with Gasteiger partial charge in [0.15, 0.2) is 18.0 Å². The molecule has 0 aliphatic carbocycles. The van der Waals surface area contributed by atoms with E-state index in [2.05, 4.69) is 194 Å². The van der Waals surface area contributed by atoms with Crippen LogP contribution in [-0.4, -0.2) is 60.1 Å². The summed E-state index contributed by atoms with van der Waals surface area (Å²) in [5, 5.41) is 28.0. The first-order valence-corrected chi connectivity index (χ1v) is 31.3. The van der Waals surface area contributed by atoms with E-state index in [1.165, 1.54) is 24.2 Å². The average Bonchev–Trinajstić information content (AvgIpc) is 4.23. The second-order valence-corrected chi connectivity index (χ2v) is 21.8. The highest BCUT2D eigenvalue weighted by molar-refractivity contribution is 7.07. The molecule has 0 atom stereocenters. The number of thiophene rings is 1. The molecule has 8 aromatic rings. The molecule has 15 nitrogen and oxygen atoms in total. The fourth-order valence-electron chi connectivity index (χ4n) is 3.36. The molecule has 0 bridgehead atoms. The molecule has 8 aromatic heterocycles. The van der Waals surface area contributed by atoms with Crippen molar-refractivity contribution in [2.24, 2.45) is 23.7 Å². The van der Waals surface area contributed by atoms with Gasteiger partial charge in [-0.1, -0.05) is 211 Å². The zero-order valence-electron chi connectivity index (χ0n) is 56.6. The Morgan fingerprint density at radius 2 is 0.963 bits per heavy atom. The van der Waals surface area contributed by atoms with Gasteiger partial charge in [0.05, 0.1) is 35.6 Å². The van der Waals surface area contributed by atoms with E-state index in [4.69, 9.17) is 4.52 Å². The maximum Gasteiger partial charge on any atom is 0.229 e. The van der Waals surface area contributed by atoms with Crippen molar-refractivity contribution in [3.05, 3.63) is 129 Å². The predicted molar refractivity (Wildman–Crippen MR) is 351 cm³/mol.